The van der Waals surface area contributed by atoms with Gasteiger partial charge in [-0.3, -0.25) is 9.69 Å². The van der Waals surface area contributed by atoms with Crippen LogP contribution in [0.2, 0.25) is 0 Å². The number of piperidine rings is 1. The molecular weight excluding hydrogens is 312 g/mol. The van der Waals surface area contributed by atoms with Gasteiger partial charge in [-0.2, -0.15) is 0 Å². The molecule has 1 fully saturated rings. The highest BCUT2D eigenvalue weighted by molar-refractivity contribution is 5.79. The van der Waals surface area contributed by atoms with Crippen LogP contribution in [-0.2, 0) is 11.3 Å². The number of fused-ring (bicyclic) bond motifs is 1. The molecule has 1 aliphatic heterocycles. The van der Waals surface area contributed by atoms with Gasteiger partial charge in [-0.1, -0.05) is 19.1 Å². The van der Waals surface area contributed by atoms with Gasteiger partial charge in [0.25, 0.3) is 0 Å². The number of likely N-dealkylation sites (tertiary alicyclic amines) is 1. The Bertz CT molecular complexity index is 722. The molecule has 0 saturated carbocycles. The van der Waals surface area contributed by atoms with E-state index in [4.69, 9.17) is 4.98 Å². The molecule has 1 aliphatic rings. The van der Waals surface area contributed by atoms with E-state index in [0.29, 0.717) is 6.04 Å². The van der Waals surface area contributed by atoms with Crippen LogP contribution < -0.4 is 5.32 Å². The average molecular weight is 342 g/mol. The monoisotopic (exact) mass is 342 g/mol. The summed E-state index contributed by atoms with van der Waals surface area (Å²) in [7, 11) is 0. The van der Waals surface area contributed by atoms with Gasteiger partial charge in [0.1, 0.15) is 5.82 Å². The van der Waals surface area contributed by atoms with E-state index in [-0.39, 0.29) is 11.8 Å². The molecule has 5 nitrogen and oxygen atoms in total. The number of amides is 1. The molecule has 0 bridgehead atoms. The topological polar surface area (TPSA) is 50.2 Å². The van der Waals surface area contributed by atoms with Crippen LogP contribution in [0.3, 0.4) is 0 Å². The van der Waals surface area contributed by atoms with Gasteiger partial charge in [0.2, 0.25) is 5.91 Å². The Morgan fingerprint density at radius 3 is 2.92 bits per heavy atom. The Labute approximate surface area is 150 Å². The Hall–Kier alpha value is -1.88. The molecule has 1 aromatic carbocycles. The molecule has 2 heterocycles. The third-order valence-electron chi connectivity index (χ3n) is 4.98. The Balaban J connectivity index is 1.74. The second-order valence-corrected chi connectivity index (χ2v) is 7.35. The number of hydrogen-bond donors (Lipinski definition) is 1. The van der Waals surface area contributed by atoms with E-state index in [0.717, 1.165) is 56.8 Å². The highest BCUT2D eigenvalue weighted by Crippen LogP contribution is 2.24. The molecule has 25 heavy (non-hydrogen) atoms. The molecule has 1 amide bonds. The number of carbonyl (C=O) groups excluding carboxylic acids is 1. The second kappa shape index (κ2) is 8.00. The van der Waals surface area contributed by atoms with Crippen molar-refractivity contribution >= 4 is 16.9 Å². The first-order chi connectivity index (χ1) is 12.1. The lowest BCUT2D eigenvalue weighted by atomic mass is 9.97. The van der Waals surface area contributed by atoms with E-state index in [1.54, 1.807) is 0 Å². The summed E-state index contributed by atoms with van der Waals surface area (Å²) in [5.74, 6) is 1.42. The van der Waals surface area contributed by atoms with E-state index >= 15 is 0 Å². The van der Waals surface area contributed by atoms with Crippen LogP contribution in [0.25, 0.3) is 11.0 Å². The van der Waals surface area contributed by atoms with Crippen molar-refractivity contribution in [1.82, 2.24) is 19.8 Å². The fourth-order valence-corrected chi connectivity index (χ4v) is 3.79. The molecule has 0 radical (unpaired) electrons. The highest BCUT2D eigenvalue weighted by atomic mass is 16.1. The predicted octanol–water partition coefficient (Wildman–Crippen LogP) is 3.36. The van der Waals surface area contributed by atoms with Crippen molar-refractivity contribution in [2.75, 3.05) is 19.6 Å². The summed E-state index contributed by atoms with van der Waals surface area (Å²) in [5, 5.41) is 3.05. The Morgan fingerprint density at radius 1 is 1.36 bits per heavy atom. The molecule has 2 aromatic rings. The zero-order valence-electron chi connectivity index (χ0n) is 15.7. The van der Waals surface area contributed by atoms with Crippen LogP contribution in [0.5, 0.6) is 0 Å². The summed E-state index contributed by atoms with van der Waals surface area (Å²) in [4.78, 5) is 19.6. The smallest absolute Gasteiger partial charge is 0.224 e. The predicted molar refractivity (Wildman–Crippen MR) is 101 cm³/mol. The molecule has 1 atom stereocenters. The van der Waals surface area contributed by atoms with E-state index in [9.17, 15) is 4.79 Å². The van der Waals surface area contributed by atoms with Gasteiger partial charge in [0.05, 0.1) is 23.5 Å². The first-order valence-corrected chi connectivity index (χ1v) is 9.56. The number of imidazole rings is 1. The number of hydrogen-bond acceptors (Lipinski definition) is 3. The molecule has 0 aliphatic carbocycles. The van der Waals surface area contributed by atoms with Crippen LogP contribution in [0, 0.1) is 5.92 Å². The highest BCUT2D eigenvalue weighted by Gasteiger charge is 2.26. The lowest BCUT2D eigenvalue weighted by Crippen LogP contribution is -2.43. The molecule has 1 N–H and O–H groups in total. The number of aromatic nitrogens is 2. The fraction of sp³-hybridized carbons (Fsp3) is 0.600. The third-order valence-corrected chi connectivity index (χ3v) is 4.98. The minimum atomic E-state index is 0.108. The van der Waals surface area contributed by atoms with Crippen LogP contribution in [0.15, 0.2) is 24.3 Å². The summed E-state index contributed by atoms with van der Waals surface area (Å²) in [5.41, 5.74) is 2.25. The number of carbonyl (C=O) groups is 1. The number of para-hydroxylation sites is 2. The van der Waals surface area contributed by atoms with Crippen LogP contribution in [0.1, 0.15) is 51.9 Å². The standard InChI is InChI=1S/C20H30N4O/c1-4-11-21-20(25)16-8-7-12-23(13-16)14-19-22-17-9-5-6-10-18(17)24(19)15(2)3/h5-6,9-10,15-16H,4,7-8,11-14H2,1-3H3,(H,21,25)/t16-/m0/s1. The lowest BCUT2D eigenvalue weighted by molar-refractivity contribution is -0.126. The maximum atomic E-state index is 12.3. The van der Waals surface area contributed by atoms with Crippen LogP contribution in [-0.4, -0.2) is 40.0 Å². The van der Waals surface area contributed by atoms with Gasteiger partial charge in [-0.15, -0.1) is 0 Å². The van der Waals surface area contributed by atoms with Gasteiger partial charge in [0, 0.05) is 19.1 Å². The summed E-state index contributed by atoms with van der Waals surface area (Å²) in [6.07, 6.45) is 3.05. The first kappa shape index (κ1) is 17.9. The molecular formula is C20H30N4O. The van der Waals surface area contributed by atoms with Crippen molar-refractivity contribution in [2.45, 2.75) is 52.6 Å². The molecule has 1 aromatic heterocycles. The van der Waals surface area contributed by atoms with E-state index in [2.05, 4.69) is 53.8 Å². The summed E-state index contributed by atoms with van der Waals surface area (Å²) >= 11 is 0. The van der Waals surface area contributed by atoms with Gasteiger partial charge in [-0.05, 0) is 51.8 Å². The van der Waals surface area contributed by atoms with E-state index in [1.165, 1.54) is 5.52 Å². The Kier molecular flexibility index (Phi) is 5.74. The van der Waals surface area contributed by atoms with Gasteiger partial charge >= 0.3 is 0 Å². The zero-order chi connectivity index (χ0) is 17.8. The van der Waals surface area contributed by atoms with Crippen molar-refractivity contribution in [2.24, 2.45) is 5.92 Å². The SMILES string of the molecule is CCCNC(=O)[C@H]1CCCN(Cc2nc3ccccc3n2C(C)C)C1. The maximum absolute atomic E-state index is 12.3. The van der Waals surface area contributed by atoms with E-state index in [1.807, 2.05) is 6.07 Å². The van der Waals surface area contributed by atoms with Gasteiger partial charge in [-0.25, -0.2) is 4.98 Å². The minimum absolute atomic E-state index is 0.108. The molecule has 0 spiro atoms. The van der Waals surface area contributed by atoms with E-state index < -0.39 is 0 Å². The number of rotatable bonds is 6. The van der Waals surface area contributed by atoms with Crippen LogP contribution >= 0.6 is 0 Å². The molecule has 136 valence electrons. The quantitative estimate of drug-likeness (QED) is 0.876. The van der Waals surface area contributed by atoms with Crippen molar-refractivity contribution in [3.8, 4) is 0 Å². The number of benzene rings is 1. The average Bonchev–Trinajstić information content (AvgIpc) is 2.97. The molecule has 3 rings (SSSR count). The fourth-order valence-electron chi connectivity index (χ4n) is 3.79. The lowest BCUT2D eigenvalue weighted by Gasteiger charge is -2.32. The van der Waals surface area contributed by atoms with Crippen molar-refractivity contribution in [3.63, 3.8) is 0 Å². The third kappa shape index (κ3) is 4.03. The molecule has 5 heteroatoms. The number of nitrogens with one attached hydrogen (secondary N) is 1. The normalized spacial score (nSPS) is 18.8. The van der Waals surface area contributed by atoms with Crippen molar-refractivity contribution in [3.05, 3.63) is 30.1 Å². The molecule has 0 unspecified atom stereocenters. The van der Waals surface area contributed by atoms with Crippen molar-refractivity contribution < 1.29 is 4.79 Å². The summed E-state index contributed by atoms with van der Waals surface area (Å²) < 4.78 is 2.33. The van der Waals surface area contributed by atoms with Gasteiger partial charge < -0.3 is 9.88 Å². The molecule has 1 saturated heterocycles. The zero-order valence-corrected chi connectivity index (χ0v) is 15.7. The summed E-state index contributed by atoms with van der Waals surface area (Å²) in [6, 6.07) is 8.70. The van der Waals surface area contributed by atoms with Crippen molar-refractivity contribution in [1.29, 1.82) is 0 Å². The Morgan fingerprint density at radius 2 is 2.16 bits per heavy atom. The van der Waals surface area contributed by atoms with Gasteiger partial charge in [0.15, 0.2) is 0 Å². The second-order valence-electron chi connectivity index (χ2n) is 7.35. The minimum Gasteiger partial charge on any atom is -0.356 e. The summed E-state index contributed by atoms with van der Waals surface area (Å²) in [6.45, 7) is 9.95. The maximum Gasteiger partial charge on any atom is 0.224 e. The largest absolute Gasteiger partial charge is 0.356 e. The number of nitrogens with zero attached hydrogens (tertiary/aromatic N) is 3. The first-order valence-electron chi connectivity index (χ1n) is 9.56. The van der Waals surface area contributed by atoms with Crippen LogP contribution in [0.4, 0.5) is 0 Å².